The molecule has 0 saturated carbocycles. The van der Waals surface area contributed by atoms with Crippen molar-refractivity contribution in [3.8, 4) is 11.3 Å². The molecule has 148 valence electrons. The number of hydrogen-bond donors (Lipinski definition) is 4. The molecule has 0 spiro atoms. The van der Waals surface area contributed by atoms with Crippen molar-refractivity contribution >= 4 is 23.5 Å². The fourth-order valence-corrected chi connectivity index (χ4v) is 2.43. The lowest BCUT2D eigenvalue weighted by atomic mass is 10.1. The first-order valence-electron chi connectivity index (χ1n) is 8.77. The lowest BCUT2D eigenvalue weighted by Crippen LogP contribution is -2.26. The summed E-state index contributed by atoms with van der Waals surface area (Å²) in [4.78, 5) is 23.5. The molecule has 0 atom stereocenters. The summed E-state index contributed by atoms with van der Waals surface area (Å²) in [5.74, 6) is -1.49. The molecule has 4 N–H and O–H groups in total. The van der Waals surface area contributed by atoms with Gasteiger partial charge in [0.15, 0.2) is 0 Å². The predicted octanol–water partition coefficient (Wildman–Crippen LogP) is 1.70. The topological polar surface area (TPSA) is 129 Å². The number of amidine groups is 1. The van der Waals surface area contributed by atoms with Gasteiger partial charge in [0, 0.05) is 42.7 Å². The minimum absolute atomic E-state index is 0.558. The molecule has 0 aliphatic carbocycles. The van der Waals surface area contributed by atoms with Gasteiger partial charge in [-0.05, 0) is 19.1 Å². The summed E-state index contributed by atoms with van der Waals surface area (Å²) in [6.07, 6.45) is 3.12. The Morgan fingerprint density at radius 3 is 2.50 bits per heavy atom. The minimum atomic E-state index is -1.26. The molecule has 0 saturated heterocycles. The van der Waals surface area contributed by atoms with E-state index >= 15 is 0 Å². The van der Waals surface area contributed by atoms with Gasteiger partial charge < -0.3 is 20.8 Å². The molecule has 3 rings (SSSR count). The molecule has 0 fully saturated rings. The number of benzene rings is 1. The van der Waals surface area contributed by atoms with Gasteiger partial charge in [0.2, 0.25) is 0 Å². The van der Waals surface area contributed by atoms with E-state index in [-0.39, 0.29) is 0 Å². The lowest BCUT2D eigenvalue weighted by molar-refractivity contribution is -0.134. The summed E-state index contributed by atoms with van der Waals surface area (Å²) in [5.41, 5.74) is 3.21. The summed E-state index contributed by atoms with van der Waals surface area (Å²) in [5, 5.41) is 26.9. The van der Waals surface area contributed by atoms with Crippen molar-refractivity contribution in [1.29, 1.82) is 0 Å². The second-order valence-corrected chi connectivity index (χ2v) is 5.72. The summed E-state index contributed by atoms with van der Waals surface area (Å²) >= 11 is 0. The maximum Gasteiger partial charge on any atom is 0.328 e. The third-order valence-corrected chi connectivity index (χ3v) is 3.73. The Kier molecular flexibility index (Phi) is 7.77. The van der Waals surface area contributed by atoms with Crippen LogP contribution >= 0.6 is 0 Å². The standard InChI is InChI=1S/C15H19N5.C4H4O4/c1-2-20-10-7-14(19-20)12-5-3-4-6-13(12)18-11-15-16-8-9-17-15;5-3(6)1-2-4(7)8/h3-7,10,18H,2,8-9,11H2,1H3,(H,16,17);1-2H,(H,5,6)(H,7,8). The first-order valence-corrected chi connectivity index (χ1v) is 8.77. The fraction of sp³-hybridized carbons (Fsp3) is 0.263. The Bertz CT molecular complexity index is 857. The van der Waals surface area contributed by atoms with Crippen molar-refractivity contribution in [3.05, 3.63) is 48.7 Å². The number of aryl methyl sites for hydroxylation is 1. The smallest absolute Gasteiger partial charge is 0.328 e. The molecule has 2 heterocycles. The van der Waals surface area contributed by atoms with Crippen LogP contribution in [0.25, 0.3) is 11.3 Å². The monoisotopic (exact) mass is 385 g/mol. The van der Waals surface area contributed by atoms with Crippen LogP contribution in [-0.4, -0.2) is 57.4 Å². The highest BCUT2D eigenvalue weighted by molar-refractivity contribution is 5.90. The van der Waals surface area contributed by atoms with E-state index in [1.54, 1.807) is 0 Å². The van der Waals surface area contributed by atoms with Crippen molar-refractivity contribution in [2.24, 2.45) is 4.99 Å². The van der Waals surface area contributed by atoms with Crippen LogP contribution in [0.15, 0.2) is 53.7 Å². The molecule has 9 nitrogen and oxygen atoms in total. The molecule has 9 heteroatoms. The number of anilines is 1. The maximum absolute atomic E-state index is 9.55. The Morgan fingerprint density at radius 2 is 1.93 bits per heavy atom. The van der Waals surface area contributed by atoms with Crippen molar-refractivity contribution < 1.29 is 19.8 Å². The van der Waals surface area contributed by atoms with Gasteiger partial charge in [0.05, 0.1) is 18.8 Å². The predicted molar refractivity (Wildman–Crippen MR) is 107 cm³/mol. The SMILES string of the molecule is CCn1ccc(-c2ccccc2NCC2=NCCN2)n1.O=C(O)C=CC(=O)O. The molecular weight excluding hydrogens is 362 g/mol. The van der Waals surface area contributed by atoms with E-state index in [9.17, 15) is 9.59 Å². The van der Waals surface area contributed by atoms with Gasteiger partial charge in [-0.25, -0.2) is 9.59 Å². The highest BCUT2D eigenvalue weighted by Gasteiger charge is 2.09. The molecule has 1 aliphatic rings. The number of carboxylic acid groups (broad SMARTS) is 2. The number of rotatable bonds is 7. The average molecular weight is 385 g/mol. The number of para-hydroxylation sites is 1. The van der Waals surface area contributed by atoms with Gasteiger partial charge in [-0.15, -0.1) is 0 Å². The van der Waals surface area contributed by atoms with Crippen molar-refractivity contribution in [2.45, 2.75) is 13.5 Å². The van der Waals surface area contributed by atoms with Crippen LogP contribution in [0, 0.1) is 0 Å². The molecule has 1 aliphatic heterocycles. The van der Waals surface area contributed by atoms with Gasteiger partial charge in [-0.1, -0.05) is 18.2 Å². The molecule has 0 unspecified atom stereocenters. The minimum Gasteiger partial charge on any atom is -0.478 e. The number of aliphatic imine (C=N–C) groups is 1. The number of nitrogens with zero attached hydrogens (tertiary/aromatic N) is 3. The highest BCUT2D eigenvalue weighted by Crippen LogP contribution is 2.26. The Hall–Kier alpha value is -3.62. The normalized spacial score (nSPS) is 12.7. The third-order valence-electron chi connectivity index (χ3n) is 3.73. The zero-order valence-electron chi connectivity index (χ0n) is 15.5. The van der Waals surface area contributed by atoms with Crippen LogP contribution < -0.4 is 10.6 Å². The molecule has 2 aromatic rings. The van der Waals surface area contributed by atoms with Crippen molar-refractivity contribution in [3.63, 3.8) is 0 Å². The number of aromatic nitrogens is 2. The first kappa shape index (κ1) is 20.7. The number of aliphatic carboxylic acids is 2. The van der Waals surface area contributed by atoms with Crippen LogP contribution in [-0.2, 0) is 16.1 Å². The Labute approximate surface area is 162 Å². The van der Waals surface area contributed by atoms with Gasteiger partial charge in [0.25, 0.3) is 0 Å². The number of nitrogens with one attached hydrogen (secondary N) is 2. The van der Waals surface area contributed by atoms with E-state index in [1.165, 1.54) is 0 Å². The molecule has 1 aromatic carbocycles. The molecule has 28 heavy (non-hydrogen) atoms. The van der Waals surface area contributed by atoms with Crippen LogP contribution in [0.2, 0.25) is 0 Å². The Morgan fingerprint density at radius 1 is 1.21 bits per heavy atom. The molecule has 1 aromatic heterocycles. The third kappa shape index (κ3) is 6.60. The van der Waals surface area contributed by atoms with E-state index in [0.717, 1.165) is 49.0 Å². The molecule has 0 bridgehead atoms. The average Bonchev–Trinajstić information content (AvgIpc) is 3.37. The highest BCUT2D eigenvalue weighted by atomic mass is 16.4. The van der Waals surface area contributed by atoms with Crippen LogP contribution in [0.5, 0.6) is 0 Å². The van der Waals surface area contributed by atoms with E-state index in [4.69, 9.17) is 10.2 Å². The number of carboxylic acids is 2. The zero-order valence-corrected chi connectivity index (χ0v) is 15.5. The van der Waals surface area contributed by atoms with E-state index in [2.05, 4.69) is 45.8 Å². The van der Waals surface area contributed by atoms with Crippen LogP contribution in [0.1, 0.15) is 6.92 Å². The number of hydrogen-bond acceptors (Lipinski definition) is 6. The van der Waals surface area contributed by atoms with Gasteiger partial charge in [-0.2, -0.15) is 5.10 Å². The fourth-order valence-electron chi connectivity index (χ4n) is 2.43. The summed E-state index contributed by atoms with van der Waals surface area (Å²) < 4.78 is 1.94. The second-order valence-electron chi connectivity index (χ2n) is 5.72. The summed E-state index contributed by atoms with van der Waals surface area (Å²) in [7, 11) is 0. The zero-order chi connectivity index (χ0) is 20.4. The van der Waals surface area contributed by atoms with E-state index < -0.39 is 11.9 Å². The maximum atomic E-state index is 9.55. The van der Waals surface area contributed by atoms with E-state index in [0.29, 0.717) is 12.2 Å². The quantitative estimate of drug-likeness (QED) is 0.534. The first-order chi connectivity index (χ1) is 13.5. The lowest BCUT2D eigenvalue weighted by Gasteiger charge is -2.10. The summed E-state index contributed by atoms with van der Waals surface area (Å²) in [6, 6.07) is 10.3. The molecule has 0 amide bonds. The second kappa shape index (κ2) is 10.5. The van der Waals surface area contributed by atoms with Gasteiger partial charge in [0.1, 0.15) is 5.84 Å². The largest absolute Gasteiger partial charge is 0.478 e. The van der Waals surface area contributed by atoms with Crippen LogP contribution in [0.4, 0.5) is 5.69 Å². The summed E-state index contributed by atoms with van der Waals surface area (Å²) in [6.45, 7) is 5.52. The van der Waals surface area contributed by atoms with Gasteiger partial charge >= 0.3 is 11.9 Å². The Balaban J connectivity index is 0.000000300. The van der Waals surface area contributed by atoms with E-state index in [1.807, 2.05) is 23.0 Å². The molecule has 0 radical (unpaired) electrons. The van der Waals surface area contributed by atoms with Gasteiger partial charge in [-0.3, -0.25) is 9.67 Å². The van der Waals surface area contributed by atoms with Crippen LogP contribution in [0.3, 0.4) is 0 Å². The number of carbonyl (C=O) groups is 2. The van der Waals surface area contributed by atoms with Crippen molar-refractivity contribution in [1.82, 2.24) is 15.1 Å². The van der Waals surface area contributed by atoms with Crippen molar-refractivity contribution in [2.75, 3.05) is 25.0 Å². The molecular formula is C19H23N5O4.